The summed E-state index contributed by atoms with van der Waals surface area (Å²) in [5.41, 5.74) is 1.91. The molecule has 0 radical (unpaired) electrons. The summed E-state index contributed by atoms with van der Waals surface area (Å²) >= 11 is 5.24. The van der Waals surface area contributed by atoms with Crippen LogP contribution in [0.1, 0.15) is 0 Å². The number of methoxy groups -OCH3 is 1. The summed E-state index contributed by atoms with van der Waals surface area (Å²) in [7, 11) is 1.58. The molecule has 7 heteroatoms. The maximum Gasteiger partial charge on any atom is 0.221 e. The molecule has 0 spiro atoms. The first kappa shape index (κ1) is 17.6. The molecule has 0 atom stereocenters. The summed E-state index contributed by atoms with van der Waals surface area (Å²) in [6.45, 7) is 4.19. The van der Waals surface area contributed by atoms with Crippen molar-refractivity contribution < 1.29 is 9.84 Å². The number of aromatic nitrogens is 1. The van der Waals surface area contributed by atoms with E-state index in [0.717, 1.165) is 10.9 Å². The van der Waals surface area contributed by atoms with Gasteiger partial charge in [-0.3, -0.25) is 0 Å². The fourth-order valence-electron chi connectivity index (χ4n) is 2.67. The average Bonchev–Trinajstić information content (AvgIpc) is 2.92. The van der Waals surface area contributed by atoms with E-state index in [0.29, 0.717) is 23.7 Å². The number of aromatic hydroxyl groups is 1. The predicted molar refractivity (Wildman–Crippen MR) is 108 cm³/mol. The number of rotatable bonds is 5. The molecule has 0 saturated heterocycles. The highest BCUT2D eigenvalue weighted by molar-refractivity contribution is 7.80. The van der Waals surface area contributed by atoms with Gasteiger partial charge >= 0.3 is 0 Å². The third-order valence-corrected chi connectivity index (χ3v) is 4.00. The SMILES string of the molecule is C=CCn1c(O)c(N=NC(=S)Nc2ccccc2OC)c2ccccc21. The van der Waals surface area contributed by atoms with Crippen LogP contribution in [0.2, 0.25) is 0 Å². The van der Waals surface area contributed by atoms with Crippen LogP contribution in [0.4, 0.5) is 11.4 Å². The van der Waals surface area contributed by atoms with Crippen molar-refractivity contribution >= 4 is 39.6 Å². The molecule has 6 nitrogen and oxygen atoms in total. The fourth-order valence-corrected chi connectivity index (χ4v) is 2.82. The molecule has 2 N–H and O–H groups in total. The lowest BCUT2D eigenvalue weighted by molar-refractivity contribution is 0.417. The van der Waals surface area contributed by atoms with Crippen molar-refractivity contribution in [3.8, 4) is 11.6 Å². The molecule has 0 aliphatic carbocycles. The molecule has 1 heterocycles. The number of nitrogens with one attached hydrogen (secondary N) is 1. The number of ether oxygens (including phenoxy) is 1. The Hall–Kier alpha value is -3.19. The molecule has 0 aliphatic heterocycles. The number of para-hydroxylation sites is 3. The Bertz CT molecular complexity index is 994. The number of benzene rings is 2. The number of allylic oxidation sites excluding steroid dienone is 1. The van der Waals surface area contributed by atoms with Crippen LogP contribution in [-0.4, -0.2) is 21.9 Å². The maximum absolute atomic E-state index is 10.5. The topological polar surface area (TPSA) is 71.1 Å². The lowest BCUT2D eigenvalue weighted by atomic mass is 10.2. The zero-order valence-corrected chi connectivity index (χ0v) is 15.0. The van der Waals surface area contributed by atoms with E-state index in [9.17, 15) is 5.11 Å². The Morgan fingerprint density at radius 3 is 2.77 bits per heavy atom. The van der Waals surface area contributed by atoms with Crippen molar-refractivity contribution in [3.63, 3.8) is 0 Å². The highest BCUT2D eigenvalue weighted by Gasteiger charge is 2.15. The highest BCUT2D eigenvalue weighted by Crippen LogP contribution is 2.38. The second-order valence-electron chi connectivity index (χ2n) is 5.42. The first-order valence-electron chi connectivity index (χ1n) is 7.92. The number of thiocarbonyl (C=S) groups is 1. The number of fused-ring (bicyclic) bond motifs is 1. The smallest absolute Gasteiger partial charge is 0.221 e. The number of azo groups is 1. The third-order valence-electron chi connectivity index (χ3n) is 3.82. The standard InChI is InChI=1S/C19H18N4O2S/c1-3-12-23-15-10-6-4-8-13(15)17(18(23)24)21-22-19(26)20-14-9-5-7-11-16(14)25-2/h3-11,24H,1,12H2,2H3,(H,20,26). The van der Waals surface area contributed by atoms with Crippen LogP contribution >= 0.6 is 12.2 Å². The van der Waals surface area contributed by atoms with E-state index >= 15 is 0 Å². The molecule has 132 valence electrons. The number of hydrogen-bond acceptors (Lipinski definition) is 4. The molecule has 0 unspecified atom stereocenters. The molecule has 2 aromatic carbocycles. The van der Waals surface area contributed by atoms with Crippen LogP contribution in [0.25, 0.3) is 10.9 Å². The molecular weight excluding hydrogens is 348 g/mol. The Morgan fingerprint density at radius 2 is 2.00 bits per heavy atom. The number of anilines is 1. The molecule has 1 aromatic heterocycles. The summed E-state index contributed by atoms with van der Waals surface area (Å²) in [4.78, 5) is 0. The van der Waals surface area contributed by atoms with Gasteiger partial charge in [0.05, 0.1) is 18.3 Å². The summed E-state index contributed by atoms with van der Waals surface area (Å²) < 4.78 is 6.98. The van der Waals surface area contributed by atoms with Crippen molar-refractivity contribution in [3.05, 3.63) is 61.2 Å². The van der Waals surface area contributed by atoms with Crippen LogP contribution in [0.15, 0.2) is 71.4 Å². The molecule has 0 bridgehead atoms. The molecule has 3 rings (SSSR count). The highest BCUT2D eigenvalue weighted by atomic mass is 32.1. The molecule has 3 aromatic rings. The molecule has 0 aliphatic rings. The van der Waals surface area contributed by atoms with Gasteiger partial charge < -0.3 is 19.7 Å². The van der Waals surface area contributed by atoms with Gasteiger partial charge in [-0.2, -0.15) is 0 Å². The Balaban J connectivity index is 1.90. The number of nitrogens with zero attached hydrogens (tertiary/aromatic N) is 3. The minimum Gasteiger partial charge on any atom is -0.495 e. The van der Waals surface area contributed by atoms with Crippen LogP contribution < -0.4 is 10.1 Å². The van der Waals surface area contributed by atoms with Gasteiger partial charge in [-0.25, -0.2) is 0 Å². The van der Waals surface area contributed by atoms with E-state index in [2.05, 4.69) is 22.1 Å². The van der Waals surface area contributed by atoms with Crippen LogP contribution in [0, 0.1) is 0 Å². The third kappa shape index (κ3) is 3.43. The van der Waals surface area contributed by atoms with E-state index in [-0.39, 0.29) is 11.0 Å². The van der Waals surface area contributed by atoms with Gasteiger partial charge in [0.2, 0.25) is 11.0 Å². The largest absolute Gasteiger partial charge is 0.495 e. The van der Waals surface area contributed by atoms with Gasteiger partial charge in [-0.15, -0.1) is 16.8 Å². The zero-order chi connectivity index (χ0) is 18.5. The van der Waals surface area contributed by atoms with E-state index in [1.807, 2.05) is 48.5 Å². The van der Waals surface area contributed by atoms with Gasteiger partial charge in [0, 0.05) is 11.9 Å². The van der Waals surface area contributed by atoms with Crippen molar-refractivity contribution in [2.24, 2.45) is 10.2 Å². The lowest BCUT2D eigenvalue weighted by Gasteiger charge is -2.08. The van der Waals surface area contributed by atoms with Gasteiger partial charge in [0.25, 0.3) is 0 Å². The van der Waals surface area contributed by atoms with E-state index < -0.39 is 0 Å². The summed E-state index contributed by atoms with van der Waals surface area (Å²) in [5.74, 6) is 0.672. The molecule has 0 amide bonds. The zero-order valence-electron chi connectivity index (χ0n) is 14.2. The van der Waals surface area contributed by atoms with Crippen LogP contribution in [-0.2, 0) is 6.54 Å². The Labute approximate surface area is 156 Å². The second kappa shape index (κ2) is 7.79. The van der Waals surface area contributed by atoms with E-state index in [1.54, 1.807) is 17.8 Å². The lowest BCUT2D eigenvalue weighted by Crippen LogP contribution is -2.06. The molecule has 0 saturated carbocycles. The minimum atomic E-state index is 0.0231. The monoisotopic (exact) mass is 366 g/mol. The quantitative estimate of drug-likeness (QED) is 0.378. The molecular formula is C19H18N4O2S. The molecule has 0 fully saturated rings. The molecule has 26 heavy (non-hydrogen) atoms. The van der Waals surface area contributed by atoms with E-state index in [1.165, 1.54) is 0 Å². The van der Waals surface area contributed by atoms with Gasteiger partial charge in [0.15, 0.2) is 5.69 Å². The Kier molecular flexibility index (Phi) is 5.28. The van der Waals surface area contributed by atoms with Gasteiger partial charge in [0.1, 0.15) is 5.75 Å². The first-order chi connectivity index (χ1) is 12.7. The second-order valence-corrected chi connectivity index (χ2v) is 5.81. The predicted octanol–water partition coefficient (Wildman–Crippen LogP) is 5.02. The van der Waals surface area contributed by atoms with Crippen molar-refractivity contribution in [1.29, 1.82) is 0 Å². The summed E-state index contributed by atoms with van der Waals surface area (Å²) in [6.07, 6.45) is 1.71. The normalized spacial score (nSPS) is 11.0. The average molecular weight is 366 g/mol. The van der Waals surface area contributed by atoms with E-state index in [4.69, 9.17) is 17.0 Å². The van der Waals surface area contributed by atoms with Gasteiger partial charge in [-0.05, 0) is 30.4 Å². The van der Waals surface area contributed by atoms with Crippen molar-refractivity contribution in [1.82, 2.24) is 4.57 Å². The van der Waals surface area contributed by atoms with Crippen molar-refractivity contribution in [2.45, 2.75) is 6.54 Å². The fraction of sp³-hybridized carbons (Fsp3) is 0.105. The van der Waals surface area contributed by atoms with Crippen molar-refractivity contribution in [2.75, 3.05) is 12.4 Å². The van der Waals surface area contributed by atoms with Gasteiger partial charge in [-0.1, -0.05) is 36.4 Å². The first-order valence-corrected chi connectivity index (χ1v) is 8.33. The van der Waals surface area contributed by atoms with Crippen LogP contribution in [0.5, 0.6) is 11.6 Å². The minimum absolute atomic E-state index is 0.0231. The maximum atomic E-state index is 10.5. The number of hydrogen-bond donors (Lipinski definition) is 2. The Morgan fingerprint density at radius 1 is 1.27 bits per heavy atom. The summed E-state index contributed by atoms with van der Waals surface area (Å²) in [6, 6.07) is 14.9. The summed E-state index contributed by atoms with van der Waals surface area (Å²) in [5, 5.41) is 22.6. The van der Waals surface area contributed by atoms with Crippen LogP contribution in [0.3, 0.4) is 0 Å².